The Labute approximate surface area is 177 Å². The lowest BCUT2D eigenvalue weighted by atomic mass is 10.0. The van der Waals surface area contributed by atoms with Gasteiger partial charge >= 0.3 is 0 Å². The maximum absolute atomic E-state index is 6.13. The number of nitrogen functional groups attached to an aromatic ring is 1. The highest BCUT2D eigenvalue weighted by Crippen LogP contribution is 2.29. The summed E-state index contributed by atoms with van der Waals surface area (Å²) < 4.78 is 13.2. The minimum absolute atomic E-state index is 0.360. The van der Waals surface area contributed by atoms with Crippen molar-refractivity contribution in [3.05, 3.63) is 12.3 Å². The first-order chi connectivity index (χ1) is 14.8. The van der Waals surface area contributed by atoms with Crippen LogP contribution in [0.15, 0.2) is 12.3 Å². The third kappa shape index (κ3) is 4.25. The average molecular weight is 416 g/mol. The highest BCUT2D eigenvalue weighted by atomic mass is 16.5. The van der Waals surface area contributed by atoms with Crippen molar-refractivity contribution < 1.29 is 9.47 Å². The van der Waals surface area contributed by atoms with Crippen LogP contribution in [0.1, 0.15) is 12.8 Å². The minimum Gasteiger partial charge on any atom is -0.379 e. The fourth-order valence-electron chi connectivity index (χ4n) is 4.95. The van der Waals surface area contributed by atoms with Gasteiger partial charge in [0.2, 0.25) is 5.95 Å². The molecule has 0 aliphatic carbocycles. The number of fused-ring (bicyclic) bond motifs is 1. The summed E-state index contributed by atoms with van der Waals surface area (Å²) in [5.41, 5.74) is 7.08. The van der Waals surface area contributed by atoms with Crippen LogP contribution in [0, 0.1) is 0 Å². The zero-order chi connectivity index (χ0) is 20.3. The van der Waals surface area contributed by atoms with Gasteiger partial charge in [-0.25, -0.2) is 0 Å². The van der Waals surface area contributed by atoms with E-state index in [4.69, 9.17) is 15.2 Å². The molecule has 0 bridgehead atoms. The van der Waals surface area contributed by atoms with Crippen LogP contribution in [0.4, 0.5) is 11.8 Å². The second kappa shape index (κ2) is 9.05. The van der Waals surface area contributed by atoms with E-state index in [1.165, 1.54) is 0 Å². The van der Waals surface area contributed by atoms with Crippen molar-refractivity contribution in [2.24, 2.45) is 0 Å². The molecule has 0 atom stereocenters. The van der Waals surface area contributed by atoms with Gasteiger partial charge < -0.3 is 24.7 Å². The van der Waals surface area contributed by atoms with Crippen molar-refractivity contribution in [1.29, 1.82) is 0 Å². The van der Waals surface area contributed by atoms with Gasteiger partial charge in [0.15, 0.2) is 0 Å². The van der Waals surface area contributed by atoms with Gasteiger partial charge in [-0.05, 0) is 18.9 Å². The molecule has 0 spiro atoms. The number of hydrogen-bond acceptors (Lipinski definition) is 8. The van der Waals surface area contributed by atoms with E-state index in [9.17, 15) is 0 Å². The molecule has 3 saturated heterocycles. The summed E-state index contributed by atoms with van der Waals surface area (Å²) in [5, 5.41) is 1.11. The quantitative estimate of drug-likeness (QED) is 0.762. The van der Waals surface area contributed by atoms with Crippen molar-refractivity contribution in [2.45, 2.75) is 25.4 Å². The molecule has 9 heteroatoms. The van der Waals surface area contributed by atoms with Crippen LogP contribution < -0.4 is 10.6 Å². The van der Waals surface area contributed by atoms with E-state index in [-0.39, 0.29) is 0 Å². The van der Waals surface area contributed by atoms with Gasteiger partial charge in [-0.3, -0.25) is 9.80 Å². The van der Waals surface area contributed by atoms with E-state index in [0.717, 1.165) is 108 Å². The summed E-state index contributed by atoms with van der Waals surface area (Å²) >= 11 is 0. The first-order valence-electron chi connectivity index (χ1n) is 11.3. The molecule has 0 amide bonds. The second-order valence-electron chi connectivity index (χ2n) is 8.47. The SMILES string of the molecule is Nc1nc(N2CCC(N3CCOCC3)CC2)c2ccn(CCN3CCOCC3)c2n1. The van der Waals surface area contributed by atoms with E-state index in [2.05, 4.69) is 41.5 Å². The van der Waals surface area contributed by atoms with Crippen LogP contribution >= 0.6 is 0 Å². The smallest absolute Gasteiger partial charge is 0.224 e. The molecule has 2 N–H and O–H groups in total. The number of rotatable bonds is 5. The number of ether oxygens (including phenoxy) is 2. The third-order valence-electron chi connectivity index (χ3n) is 6.70. The van der Waals surface area contributed by atoms with Crippen molar-refractivity contribution in [3.8, 4) is 0 Å². The number of anilines is 2. The van der Waals surface area contributed by atoms with Crippen LogP contribution in [0.3, 0.4) is 0 Å². The Balaban J connectivity index is 1.28. The highest BCUT2D eigenvalue weighted by Gasteiger charge is 2.27. The van der Waals surface area contributed by atoms with E-state index < -0.39 is 0 Å². The lowest BCUT2D eigenvalue weighted by Gasteiger charge is -2.40. The standard InChI is InChI=1S/C21H33N7O2/c22-21-23-19(27-4-1-17(2-5-27)26-11-15-30-16-12-26)18-3-6-28(20(18)24-21)8-7-25-9-13-29-14-10-25/h3,6,17H,1-2,4-5,7-16H2,(H2,22,23,24). The predicted octanol–water partition coefficient (Wildman–Crippen LogP) is 0.647. The van der Waals surface area contributed by atoms with Crippen LogP contribution in [0.25, 0.3) is 11.0 Å². The van der Waals surface area contributed by atoms with Crippen LogP contribution in [-0.2, 0) is 16.0 Å². The zero-order valence-corrected chi connectivity index (χ0v) is 17.7. The summed E-state index contributed by atoms with van der Waals surface area (Å²) in [7, 11) is 0. The molecule has 2 aromatic rings. The van der Waals surface area contributed by atoms with Gasteiger partial charge in [0, 0.05) is 64.6 Å². The number of aromatic nitrogens is 3. The Kier molecular flexibility index (Phi) is 6.03. The summed E-state index contributed by atoms with van der Waals surface area (Å²) in [6, 6.07) is 2.80. The number of nitrogens with two attached hydrogens (primary N) is 1. The summed E-state index contributed by atoms with van der Waals surface area (Å²) in [6.07, 6.45) is 4.44. The normalized spacial score (nSPS) is 22.7. The van der Waals surface area contributed by atoms with Crippen molar-refractivity contribution >= 4 is 22.8 Å². The molecular formula is C21H33N7O2. The molecule has 0 aromatic carbocycles. The monoisotopic (exact) mass is 415 g/mol. The Bertz CT molecular complexity index is 837. The van der Waals surface area contributed by atoms with Crippen LogP contribution in [-0.4, -0.2) is 103 Å². The lowest BCUT2D eigenvalue weighted by Crippen LogP contribution is -2.49. The molecule has 0 saturated carbocycles. The second-order valence-corrected chi connectivity index (χ2v) is 8.47. The Morgan fingerprint density at radius 1 is 0.900 bits per heavy atom. The van der Waals surface area contributed by atoms with Gasteiger partial charge in [-0.1, -0.05) is 0 Å². The maximum atomic E-state index is 6.13. The lowest BCUT2D eigenvalue weighted by molar-refractivity contribution is 0.0115. The molecule has 5 rings (SSSR count). The molecule has 30 heavy (non-hydrogen) atoms. The molecule has 0 radical (unpaired) electrons. The number of morpholine rings is 2. The predicted molar refractivity (Wildman–Crippen MR) is 117 cm³/mol. The van der Waals surface area contributed by atoms with E-state index in [1.54, 1.807) is 0 Å². The number of piperidine rings is 1. The molecule has 0 unspecified atom stereocenters. The molecule has 164 valence electrons. The molecule has 2 aromatic heterocycles. The average Bonchev–Trinajstić information content (AvgIpc) is 3.21. The van der Waals surface area contributed by atoms with Crippen molar-refractivity contribution in [3.63, 3.8) is 0 Å². The minimum atomic E-state index is 0.360. The molecule has 9 nitrogen and oxygen atoms in total. The van der Waals surface area contributed by atoms with Crippen LogP contribution in [0.2, 0.25) is 0 Å². The van der Waals surface area contributed by atoms with Crippen molar-refractivity contribution in [1.82, 2.24) is 24.3 Å². The first-order valence-corrected chi connectivity index (χ1v) is 11.3. The van der Waals surface area contributed by atoms with Gasteiger partial charge in [0.1, 0.15) is 11.5 Å². The van der Waals surface area contributed by atoms with Crippen molar-refractivity contribution in [2.75, 3.05) is 82.9 Å². The van der Waals surface area contributed by atoms with E-state index in [1.807, 2.05) is 0 Å². The largest absolute Gasteiger partial charge is 0.379 e. The Hall–Kier alpha value is -1.94. The molecule has 3 fully saturated rings. The summed E-state index contributed by atoms with van der Waals surface area (Å²) in [5.74, 6) is 1.35. The topological polar surface area (TPSA) is 84.9 Å². The van der Waals surface area contributed by atoms with Gasteiger partial charge in [0.25, 0.3) is 0 Å². The third-order valence-corrected chi connectivity index (χ3v) is 6.70. The maximum Gasteiger partial charge on any atom is 0.224 e. The zero-order valence-electron chi connectivity index (χ0n) is 17.7. The van der Waals surface area contributed by atoms with E-state index >= 15 is 0 Å². The summed E-state index contributed by atoms with van der Waals surface area (Å²) in [6.45, 7) is 11.4. The van der Waals surface area contributed by atoms with Gasteiger partial charge in [0.05, 0.1) is 31.8 Å². The molecule has 3 aliphatic heterocycles. The Morgan fingerprint density at radius 3 is 2.33 bits per heavy atom. The Morgan fingerprint density at radius 2 is 1.60 bits per heavy atom. The highest BCUT2D eigenvalue weighted by molar-refractivity contribution is 5.89. The first kappa shape index (κ1) is 20.0. The van der Waals surface area contributed by atoms with Gasteiger partial charge in [-0.2, -0.15) is 9.97 Å². The van der Waals surface area contributed by atoms with E-state index in [0.29, 0.717) is 12.0 Å². The fraction of sp³-hybridized carbons (Fsp3) is 0.714. The van der Waals surface area contributed by atoms with Crippen LogP contribution in [0.5, 0.6) is 0 Å². The molecule has 5 heterocycles. The summed E-state index contributed by atoms with van der Waals surface area (Å²) in [4.78, 5) is 16.6. The molecular weight excluding hydrogens is 382 g/mol. The van der Waals surface area contributed by atoms with Gasteiger partial charge in [-0.15, -0.1) is 0 Å². The number of nitrogens with zero attached hydrogens (tertiary/aromatic N) is 6. The number of hydrogen-bond donors (Lipinski definition) is 1. The molecule has 3 aliphatic rings. The fourth-order valence-corrected chi connectivity index (χ4v) is 4.95.